The number of halogens is 2. The van der Waals surface area contributed by atoms with E-state index in [0.717, 1.165) is 6.07 Å². The number of nitrogens with zero attached hydrogens (tertiary/aromatic N) is 1. The van der Waals surface area contributed by atoms with Crippen molar-refractivity contribution >= 4 is 11.6 Å². The highest BCUT2D eigenvalue weighted by atomic mass is 35.5. The molecular weight excluding hydrogens is 221 g/mol. The fourth-order valence-corrected chi connectivity index (χ4v) is 1.30. The van der Waals surface area contributed by atoms with Crippen molar-refractivity contribution in [2.75, 3.05) is 5.88 Å². The molecular formula is C10H9ClFNO2. The summed E-state index contributed by atoms with van der Waals surface area (Å²) in [4.78, 5) is 0. The molecule has 0 saturated heterocycles. The van der Waals surface area contributed by atoms with Gasteiger partial charge in [0.1, 0.15) is 11.9 Å². The van der Waals surface area contributed by atoms with Crippen molar-refractivity contribution in [3.8, 4) is 6.07 Å². The number of benzene rings is 1. The van der Waals surface area contributed by atoms with Gasteiger partial charge in [-0.25, -0.2) is 4.39 Å². The Hall–Kier alpha value is -1.15. The molecule has 0 aliphatic heterocycles. The second-order valence-electron chi connectivity index (χ2n) is 3.01. The molecule has 1 aromatic carbocycles. The van der Waals surface area contributed by atoms with Gasteiger partial charge in [-0.05, 0) is 18.2 Å². The van der Waals surface area contributed by atoms with Crippen LogP contribution in [0.2, 0.25) is 0 Å². The Labute approximate surface area is 91.3 Å². The zero-order valence-electron chi connectivity index (χ0n) is 7.69. The standard InChI is InChI=1S/C10H9ClFNO2/c11-4-9(14)10(15)7-3-6(5-13)1-2-8(7)12/h1-3,9-10,14-15H,4H2. The molecule has 0 heterocycles. The average Bonchev–Trinajstić information content (AvgIpc) is 2.27. The van der Waals surface area contributed by atoms with Crippen LogP contribution in [0.1, 0.15) is 17.2 Å². The van der Waals surface area contributed by atoms with E-state index < -0.39 is 18.0 Å². The Morgan fingerprint density at radius 3 is 2.67 bits per heavy atom. The summed E-state index contributed by atoms with van der Waals surface area (Å²) in [6, 6.07) is 5.36. The number of aliphatic hydroxyl groups excluding tert-OH is 2. The normalized spacial score (nSPS) is 14.3. The van der Waals surface area contributed by atoms with Crippen molar-refractivity contribution in [2.24, 2.45) is 0 Å². The molecule has 15 heavy (non-hydrogen) atoms. The van der Waals surface area contributed by atoms with Crippen LogP contribution in [-0.4, -0.2) is 22.2 Å². The molecule has 2 unspecified atom stereocenters. The summed E-state index contributed by atoms with van der Waals surface area (Å²) < 4.78 is 13.2. The molecule has 0 amide bonds. The molecule has 1 rings (SSSR count). The van der Waals surface area contributed by atoms with Crippen LogP contribution in [0, 0.1) is 17.1 Å². The van der Waals surface area contributed by atoms with Crippen LogP contribution in [0.25, 0.3) is 0 Å². The highest BCUT2D eigenvalue weighted by Gasteiger charge is 2.21. The Bertz CT molecular complexity index is 391. The van der Waals surface area contributed by atoms with Crippen LogP contribution in [0.15, 0.2) is 18.2 Å². The van der Waals surface area contributed by atoms with Crippen LogP contribution in [-0.2, 0) is 0 Å². The van der Waals surface area contributed by atoms with Crippen molar-refractivity contribution < 1.29 is 14.6 Å². The van der Waals surface area contributed by atoms with Gasteiger partial charge in [0.2, 0.25) is 0 Å². The molecule has 0 spiro atoms. The van der Waals surface area contributed by atoms with E-state index in [1.54, 1.807) is 0 Å². The molecule has 0 bridgehead atoms. The molecule has 0 fully saturated rings. The summed E-state index contributed by atoms with van der Waals surface area (Å²) in [7, 11) is 0. The summed E-state index contributed by atoms with van der Waals surface area (Å²) in [5.41, 5.74) is 0.0921. The first kappa shape index (κ1) is 11.9. The van der Waals surface area contributed by atoms with Gasteiger partial charge in [0.15, 0.2) is 0 Å². The number of alkyl halides is 1. The van der Waals surface area contributed by atoms with Crippen molar-refractivity contribution in [3.63, 3.8) is 0 Å². The van der Waals surface area contributed by atoms with E-state index in [-0.39, 0.29) is 17.0 Å². The molecule has 0 aromatic heterocycles. The number of nitriles is 1. The molecule has 1 aromatic rings. The Balaban J connectivity index is 3.07. The number of rotatable bonds is 3. The van der Waals surface area contributed by atoms with Gasteiger partial charge in [-0.3, -0.25) is 0 Å². The topological polar surface area (TPSA) is 64.2 Å². The number of hydrogen-bond acceptors (Lipinski definition) is 3. The minimum absolute atomic E-state index is 0.123. The highest BCUT2D eigenvalue weighted by Crippen LogP contribution is 2.22. The maximum absolute atomic E-state index is 13.2. The van der Waals surface area contributed by atoms with Crippen LogP contribution in [0.4, 0.5) is 4.39 Å². The Kier molecular flexibility index (Phi) is 4.04. The summed E-state index contributed by atoms with van der Waals surface area (Å²) >= 11 is 5.33. The zero-order chi connectivity index (χ0) is 11.4. The monoisotopic (exact) mass is 229 g/mol. The van der Waals surface area contributed by atoms with Crippen LogP contribution >= 0.6 is 11.6 Å². The third-order valence-corrected chi connectivity index (χ3v) is 2.28. The van der Waals surface area contributed by atoms with Crippen LogP contribution < -0.4 is 0 Å². The smallest absolute Gasteiger partial charge is 0.129 e. The van der Waals surface area contributed by atoms with E-state index in [4.69, 9.17) is 16.9 Å². The molecule has 0 aliphatic rings. The molecule has 0 aliphatic carbocycles. The lowest BCUT2D eigenvalue weighted by molar-refractivity contribution is 0.0304. The van der Waals surface area contributed by atoms with Crippen molar-refractivity contribution in [2.45, 2.75) is 12.2 Å². The van der Waals surface area contributed by atoms with Crippen LogP contribution in [0.5, 0.6) is 0 Å². The number of hydrogen-bond donors (Lipinski definition) is 2. The first-order chi connectivity index (χ1) is 7.10. The highest BCUT2D eigenvalue weighted by molar-refractivity contribution is 6.18. The van der Waals surface area contributed by atoms with Gasteiger partial charge in [0.25, 0.3) is 0 Å². The SMILES string of the molecule is N#Cc1ccc(F)c(C(O)C(O)CCl)c1. The van der Waals surface area contributed by atoms with Crippen molar-refractivity contribution in [3.05, 3.63) is 35.1 Å². The fraction of sp³-hybridized carbons (Fsp3) is 0.300. The van der Waals surface area contributed by atoms with E-state index in [1.165, 1.54) is 12.1 Å². The zero-order valence-corrected chi connectivity index (χ0v) is 8.45. The average molecular weight is 230 g/mol. The molecule has 2 N–H and O–H groups in total. The van der Waals surface area contributed by atoms with Crippen molar-refractivity contribution in [1.29, 1.82) is 5.26 Å². The van der Waals surface area contributed by atoms with Gasteiger partial charge < -0.3 is 10.2 Å². The van der Waals surface area contributed by atoms with E-state index in [0.29, 0.717) is 0 Å². The van der Waals surface area contributed by atoms with Crippen molar-refractivity contribution in [1.82, 2.24) is 0 Å². The van der Waals surface area contributed by atoms with Gasteiger partial charge in [0.05, 0.1) is 23.6 Å². The summed E-state index contributed by atoms with van der Waals surface area (Å²) in [6.45, 7) is 0. The third kappa shape index (κ3) is 2.66. The lowest BCUT2D eigenvalue weighted by Crippen LogP contribution is -2.20. The molecule has 80 valence electrons. The second kappa shape index (κ2) is 5.08. The Morgan fingerprint density at radius 1 is 1.47 bits per heavy atom. The van der Waals surface area contributed by atoms with Crippen LogP contribution in [0.3, 0.4) is 0 Å². The molecule has 5 heteroatoms. The van der Waals surface area contributed by atoms with Gasteiger partial charge in [-0.2, -0.15) is 5.26 Å². The summed E-state index contributed by atoms with van der Waals surface area (Å²) in [5.74, 6) is -0.886. The van der Waals surface area contributed by atoms with E-state index >= 15 is 0 Å². The lowest BCUT2D eigenvalue weighted by atomic mass is 10.0. The quantitative estimate of drug-likeness (QED) is 0.769. The van der Waals surface area contributed by atoms with Gasteiger partial charge in [-0.15, -0.1) is 11.6 Å². The first-order valence-corrected chi connectivity index (χ1v) is 4.75. The van der Waals surface area contributed by atoms with Gasteiger partial charge in [0, 0.05) is 5.56 Å². The Morgan fingerprint density at radius 2 is 2.13 bits per heavy atom. The van der Waals surface area contributed by atoms with E-state index in [9.17, 15) is 14.6 Å². The molecule has 0 saturated carbocycles. The minimum Gasteiger partial charge on any atom is -0.389 e. The van der Waals surface area contributed by atoms with Gasteiger partial charge >= 0.3 is 0 Å². The minimum atomic E-state index is -1.42. The summed E-state index contributed by atoms with van der Waals surface area (Å²) in [5, 5.41) is 27.3. The predicted octanol–water partition coefficient (Wildman–Crippen LogP) is 1.33. The third-order valence-electron chi connectivity index (χ3n) is 1.97. The van der Waals surface area contributed by atoms with E-state index in [2.05, 4.69) is 0 Å². The maximum Gasteiger partial charge on any atom is 0.129 e. The summed E-state index contributed by atoms with van der Waals surface area (Å²) in [6.07, 6.45) is -2.68. The van der Waals surface area contributed by atoms with E-state index in [1.807, 2.05) is 6.07 Å². The fourth-order valence-electron chi connectivity index (χ4n) is 1.13. The maximum atomic E-state index is 13.2. The molecule has 0 radical (unpaired) electrons. The number of aliphatic hydroxyl groups is 2. The predicted molar refractivity (Wildman–Crippen MR) is 52.8 cm³/mol. The largest absolute Gasteiger partial charge is 0.389 e. The molecule has 3 nitrogen and oxygen atoms in total. The first-order valence-electron chi connectivity index (χ1n) is 4.21. The van der Waals surface area contributed by atoms with Gasteiger partial charge in [-0.1, -0.05) is 0 Å². The lowest BCUT2D eigenvalue weighted by Gasteiger charge is -2.16. The molecule has 2 atom stereocenters. The second-order valence-corrected chi connectivity index (χ2v) is 3.32.